The standard InChI is InChI=1S/C26H33O5P/c1-16-11-9-12-17(2)21(16)23(27)26(32-29,18(3)15-25(4,5)6)24(28)22-19(30-7)13-10-14-20(22)31-8/h9-14,18H,15H2,1-8H3. The van der Waals surface area contributed by atoms with Gasteiger partial charge in [-0.1, -0.05) is 52.0 Å². The van der Waals surface area contributed by atoms with E-state index in [2.05, 4.69) is 0 Å². The molecule has 6 heteroatoms. The van der Waals surface area contributed by atoms with Crippen molar-refractivity contribution in [1.82, 2.24) is 0 Å². The molecule has 2 aromatic carbocycles. The SMILES string of the molecule is COc1cccc(OC)c1C(=O)C(P=O)(C(=O)c1c(C)cccc1C)C(C)CC(C)(C)C. The fourth-order valence-electron chi connectivity index (χ4n) is 4.42. The fraction of sp³-hybridized carbons (Fsp3) is 0.462. The Hall–Kier alpha value is -2.52. The predicted molar refractivity (Wildman–Crippen MR) is 128 cm³/mol. The Kier molecular flexibility index (Phi) is 8.01. The summed E-state index contributed by atoms with van der Waals surface area (Å²) < 4.78 is 23.9. The molecule has 0 saturated heterocycles. The van der Waals surface area contributed by atoms with Crippen LogP contribution in [-0.2, 0) is 4.57 Å². The number of Topliss-reactive ketones (excluding diaryl/α,β-unsaturated/α-hetero) is 2. The molecule has 2 atom stereocenters. The molecule has 0 radical (unpaired) electrons. The van der Waals surface area contributed by atoms with E-state index in [0.717, 1.165) is 11.1 Å². The summed E-state index contributed by atoms with van der Waals surface area (Å²) in [5, 5.41) is -1.83. The lowest BCUT2D eigenvalue weighted by Gasteiger charge is -2.35. The maximum atomic E-state index is 14.2. The second-order valence-corrected chi connectivity index (χ2v) is 10.4. The molecule has 0 amide bonds. The number of ether oxygens (including phenoxy) is 2. The number of hydrogen-bond donors (Lipinski definition) is 0. The molecule has 0 aromatic heterocycles. The molecule has 5 nitrogen and oxygen atoms in total. The Labute approximate surface area is 192 Å². The smallest absolute Gasteiger partial charge is 0.196 e. The maximum absolute atomic E-state index is 14.2. The van der Waals surface area contributed by atoms with Gasteiger partial charge in [-0.05, 0) is 54.9 Å². The molecular weight excluding hydrogens is 423 g/mol. The number of carbonyl (C=O) groups is 2. The van der Waals surface area contributed by atoms with Crippen molar-refractivity contribution in [2.45, 2.75) is 53.1 Å². The van der Waals surface area contributed by atoms with Crippen molar-refractivity contribution < 1.29 is 23.6 Å². The van der Waals surface area contributed by atoms with Crippen LogP contribution in [0.1, 0.15) is 66.0 Å². The lowest BCUT2D eigenvalue weighted by atomic mass is 9.72. The van der Waals surface area contributed by atoms with Crippen LogP contribution in [0.3, 0.4) is 0 Å². The first-order valence-corrected chi connectivity index (χ1v) is 11.5. The summed E-state index contributed by atoms with van der Waals surface area (Å²) in [6.45, 7) is 11.6. The zero-order valence-electron chi connectivity index (χ0n) is 20.2. The number of methoxy groups -OCH3 is 2. The molecule has 0 spiro atoms. The highest BCUT2D eigenvalue weighted by Crippen LogP contribution is 2.46. The third-order valence-electron chi connectivity index (χ3n) is 5.83. The predicted octanol–water partition coefficient (Wildman–Crippen LogP) is 6.49. The second kappa shape index (κ2) is 9.95. The highest BCUT2D eigenvalue weighted by Gasteiger charge is 2.54. The summed E-state index contributed by atoms with van der Waals surface area (Å²) in [5.74, 6) is -0.970. The number of carbonyl (C=O) groups excluding carboxylic acids is 2. The largest absolute Gasteiger partial charge is 0.496 e. The van der Waals surface area contributed by atoms with E-state index in [1.807, 2.05) is 59.7 Å². The minimum atomic E-state index is -1.83. The van der Waals surface area contributed by atoms with Crippen molar-refractivity contribution in [1.29, 1.82) is 0 Å². The van der Waals surface area contributed by atoms with Gasteiger partial charge >= 0.3 is 0 Å². The number of ketones is 2. The summed E-state index contributed by atoms with van der Waals surface area (Å²) in [4.78, 5) is 28.4. The third-order valence-corrected chi connectivity index (χ3v) is 6.97. The van der Waals surface area contributed by atoms with Gasteiger partial charge in [0.1, 0.15) is 17.1 Å². The van der Waals surface area contributed by atoms with Crippen LogP contribution in [0.5, 0.6) is 11.5 Å². The Bertz CT molecular complexity index is 979. The van der Waals surface area contributed by atoms with E-state index >= 15 is 0 Å². The van der Waals surface area contributed by atoms with Crippen molar-refractivity contribution in [2.24, 2.45) is 11.3 Å². The minimum Gasteiger partial charge on any atom is -0.496 e. The first-order chi connectivity index (χ1) is 14.9. The van der Waals surface area contributed by atoms with Crippen LogP contribution in [0.2, 0.25) is 0 Å². The summed E-state index contributed by atoms with van der Waals surface area (Å²) >= 11 is 0. The Morgan fingerprint density at radius 1 is 0.875 bits per heavy atom. The Morgan fingerprint density at radius 2 is 1.31 bits per heavy atom. The van der Waals surface area contributed by atoms with Gasteiger partial charge in [0.15, 0.2) is 25.2 Å². The number of rotatable bonds is 9. The maximum Gasteiger partial charge on any atom is 0.196 e. The van der Waals surface area contributed by atoms with Crippen molar-refractivity contribution in [3.05, 3.63) is 58.7 Å². The molecule has 172 valence electrons. The van der Waals surface area contributed by atoms with Gasteiger partial charge in [0, 0.05) is 5.56 Å². The Balaban J connectivity index is 2.87. The molecule has 0 aliphatic rings. The fourth-order valence-corrected chi connectivity index (χ4v) is 5.08. The molecule has 2 rings (SSSR count). The van der Waals surface area contributed by atoms with Crippen LogP contribution in [0, 0.1) is 25.2 Å². The highest BCUT2D eigenvalue weighted by atomic mass is 31.1. The van der Waals surface area contributed by atoms with Crippen LogP contribution < -0.4 is 9.47 Å². The van der Waals surface area contributed by atoms with Crippen LogP contribution in [-0.4, -0.2) is 30.9 Å². The van der Waals surface area contributed by atoms with Gasteiger partial charge in [-0.3, -0.25) is 14.2 Å². The highest BCUT2D eigenvalue weighted by molar-refractivity contribution is 7.30. The average molecular weight is 457 g/mol. The van der Waals surface area contributed by atoms with E-state index in [4.69, 9.17) is 9.47 Å². The summed E-state index contributed by atoms with van der Waals surface area (Å²) in [5.41, 5.74) is 1.85. The van der Waals surface area contributed by atoms with Gasteiger partial charge in [-0.2, -0.15) is 0 Å². The zero-order chi connectivity index (χ0) is 24.3. The Morgan fingerprint density at radius 3 is 1.72 bits per heavy atom. The molecule has 2 aromatic rings. The quantitative estimate of drug-likeness (QED) is 0.245. The second-order valence-electron chi connectivity index (χ2n) is 9.49. The molecule has 0 fully saturated rings. The van der Waals surface area contributed by atoms with Gasteiger partial charge in [-0.25, -0.2) is 0 Å². The minimum absolute atomic E-state index is 0.126. The normalized spacial score (nSPS) is 14.5. The van der Waals surface area contributed by atoms with Gasteiger partial charge in [0.2, 0.25) is 0 Å². The van der Waals surface area contributed by atoms with Crippen LogP contribution in [0.25, 0.3) is 0 Å². The topological polar surface area (TPSA) is 69.7 Å². The van der Waals surface area contributed by atoms with Crippen LogP contribution in [0.15, 0.2) is 36.4 Å². The molecule has 0 aliphatic heterocycles. The molecular formula is C26H33O5P. The number of hydrogen-bond acceptors (Lipinski definition) is 5. The monoisotopic (exact) mass is 456 g/mol. The molecule has 32 heavy (non-hydrogen) atoms. The van der Waals surface area contributed by atoms with E-state index < -0.39 is 31.1 Å². The number of aryl methyl sites for hydroxylation is 2. The van der Waals surface area contributed by atoms with Crippen molar-refractivity contribution in [2.75, 3.05) is 14.2 Å². The molecule has 0 heterocycles. The molecule has 0 N–H and O–H groups in total. The average Bonchev–Trinajstić information content (AvgIpc) is 2.72. The van der Waals surface area contributed by atoms with E-state index in [1.165, 1.54) is 14.2 Å². The summed E-state index contributed by atoms with van der Waals surface area (Å²) in [6, 6.07) is 10.5. The van der Waals surface area contributed by atoms with Crippen molar-refractivity contribution >= 4 is 20.0 Å². The van der Waals surface area contributed by atoms with Gasteiger partial charge < -0.3 is 9.47 Å². The van der Waals surface area contributed by atoms with E-state index in [1.54, 1.807) is 18.2 Å². The first-order valence-electron chi connectivity index (χ1n) is 10.7. The van der Waals surface area contributed by atoms with Gasteiger partial charge in [-0.15, -0.1) is 0 Å². The lowest BCUT2D eigenvalue weighted by molar-refractivity contribution is 0.0767. The summed E-state index contributed by atoms with van der Waals surface area (Å²) in [7, 11) is 2.35. The molecule has 0 aliphatic carbocycles. The number of benzene rings is 2. The molecule has 0 saturated carbocycles. The molecule has 2 unspecified atom stereocenters. The van der Waals surface area contributed by atoms with Crippen molar-refractivity contribution in [3.63, 3.8) is 0 Å². The lowest BCUT2D eigenvalue weighted by Crippen LogP contribution is -2.49. The van der Waals surface area contributed by atoms with Gasteiger partial charge in [0.05, 0.1) is 14.2 Å². The van der Waals surface area contributed by atoms with Crippen molar-refractivity contribution in [3.8, 4) is 11.5 Å². The first kappa shape index (κ1) is 25.7. The van der Waals surface area contributed by atoms with E-state index in [9.17, 15) is 14.2 Å². The van der Waals surface area contributed by atoms with Crippen LogP contribution in [0.4, 0.5) is 0 Å². The van der Waals surface area contributed by atoms with Gasteiger partial charge in [0.25, 0.3) is 0 Å². The van der Waals surface area contributed by atoms with E-state index in [-0.39, 0.29) is 22.5 Å². The third kappa shape index (κ3) is 4.78. The van der Waals surface area contributed by atoms with E-state index in [0.29, 0.717) is 12.0 Å². The zero-order valence-corrected chi connectivity index (χ0v) is 21.1. The van der Waals surface area contributed by atoms with Crippen LogP contribution >= 0.6 is 8.46 Å². The molecule has 0 bridgehead atoms. The summed E-state index contributed by atoms with van der Waals surface area (Å²) in [6.07, 6.45) is 0.516.